The van der Waals surface area contributed by atoms with Crippen molar-refractivity contribution in [3.63, 3.8) is 0 Å². The van der Waals surface area contributed by atoms with E-state index in [1.54, 1.807) is 12.2 Å². The van der Waals surface area contributed by atoms with Gasteiger partial charge in [-0.25, -0.2) is 0 Å². The molecule has 1 aliphatic rings. The Morgan fingerprint density at radius 1 is 1.21 bits per heavy atom. The molecule has 4 N–H and O–H groups in total. The van der Waals surface area contributed by atoms with E-state index in [2.05, 4.69) is 0 Å². The molecule has 0 aromatic carbocycles. The molecule has 1 aliphatic heterocycles. The van der Waals surface area contributed by atoms with Crippen molar-refractivity contribution in [2.24, 2.45) is 0 Å². The summed E-state index contributed by atoms with van der Waals surface area (Å²) in [5.74, 6) is -0.749. The molecule has 24 heavy (non-hydrogen) atoms. The van der Waals surface area contributed by atoms with E-state index in [0.717, 1.165) is 25.7 Å². The van der Waals surface area contributed by atoms with E-state index in [-0.39, 0.29) is 12.5 Å². The van der Waals surface area contributed by atoms with Gasteiger partial charge in [0, 0.05) is 12.8 Å². The van der Waals surface area contributed by atoms with E-state index < -0.39 is 30.4 Å². The first-order valence-electron chi connectivity index (χ1n) is 9.03. The maximum Gasteiger partial charge on any atom is 0.303 e. The highest BCUT2D eigenvalue weighted by Crippen LogP contribution is 2.25. The molecule has 1 fully saturated rings. The smallest absolute Gasteiger partial charge is 0.303 e. The quantitative estimate of drug-likeness (QED) is 0.319. The molecule has 6 nitrogen and oxygen atoms in total. The Morgan fingerprint density at radius 2 is 1.88 bits per heavy atom. The molecule has 1 rings (SSSR count). The summed E-state index contributed by atoms with van der Waals surface area (Å²) in [4.78, 5) is 10.4. The normalized spacial score (nSPS) is 26.8. The average molecular weight is 344 g/mol. The van der Waals surface area contributed by atoms with Crippen LogP contribution in [-0.4, -0.2) is 56.9 Å². The van der Waals surface area contributed by atoms with Crippen LogP contribution in [-0.2, 0) is 9.53 Å². The second-order valence-electron chi connectivity index (χ2n) is 6.57. The van der Waals surface area contributed by atoms with Gasteiger partial charge in [0.05, 0.1) is 24.4 Å². The SMILES string of the molecule is CC[C@H](O)[C@@H]1C[C@H](O)[C@@H](/C=C/[C@H](O)CCCCCCCC(=O)O)O1. The van der Waals surface area contributed by atoms with Gasteiger partial charge in [-0.3, -0.25) is 4.79 Å². The standard InChI is InChI=1S/C18H32O6/c1-2-14(20)17-12-15(21)16(24-17)11-10-13(19)8-6-4-3-5-7-9-18(22)23/h10-11,13-17,19-21H,2-9,12H2,1H3,(H,22,23)/b11-10+/t13-,14+,15+,16-,17+/m1/s1. The summed E-state index contributed by atoms with van der Waals surface area (Å²) in [6.45, 7) is 1.87. The molecule has 0 aliphatic carbocycles. The van der Waals surface area contributed by atoms with Crippen LogP contribution < -0.4 is 0 Å². The Balaban J connectivity index is 2.15. The van der Waals surface area contributed by atoms with Crippen molar-refractivity contribution in [2.75, 3.05) is 0 Å². The zero-order valence-corrected chi connectivity index (χ0v) is 14.5. The highest BCUT2D eigenvalue weighted by molar-refractivity contribution is 5.66. The Labute approximate surface area is 144 Å². The molecule has 0 spiro atoms. The molecule has 1 heterocycles. The Morgan fingerprint density at radius 3 is 2.54 bits per heavy atom. The number of carboxylic acid groups (broad SMARTS) is 1. The van der Waals surface area contributed by atoms with Crippen molar-refractivity contribution in [2.45, 2.75) is 95.2 Å². The van der Waals surface area contributed by atoms with Crippen LogP contribution in [0.5, 0.6) is 0 Å². The van der Waals surface area contributed by atoms with Gasteiger partial charge >= 0.3 is 5.97 Å². The lowest BCUT2D eigenvalue weighted by Gasteiger charge is -2.16. The average Bonchev–Trinajstić information content (AvgIpc) is 2.92. The maximum absolute atomic E-state index is 10.4. The summed E-state index contributed by atoms with van der Waals surface area (Å²) >= 11 is 0. The molecule has 5 atom stereocenters. The van der Waals surface area contributed by atoms with E-state index >= 15 is 0 Å². The van der Waals surface area contributed by atoms with Gasteiger partial charge in [0.15, 0.2) is 0 Å². The second-order valence-corrected chi connectivity index (χ2v) is 6.57. The fourth-order valence-electron chi connectivity index (χ4n) is 2.90. The van der Waals surface area contributed by atoms with Gasteiger partial charge in [-0.2, -0.15) is 0 Å². The number of carboxylic acids is 1. The molecule has 6 heteroatoms. The largest absolute Gasteiger partial charge is 0.481 e. The first-order chi connectivity index (χ1) is 11.4. The molecule has 0 amide bonds. The summed E-state index contributed by atoms with van der Waals surface area (Å²) in [5, 5.41) is 38.2. The number of hydrogen-bond acceptors (Lipinski definition) is 5. The van der Waals surface area contributed by atoms with Crippen molar-refractivity contribution in [1.29, 1.82) is 0 Å². The van der Waals surface area contributed by atoms with E-state index in [9.17, 15) is 20.1 Å². The number of rotatable bonds is 12. The van der Waals surface area contributed by atoms with Crippen molar-refractivity contribution in [3.05, 3.63) is 12.2 Å². The first-order valence-corrected chi connectivity index (χ1v) is 9.03. The zero-order chi connectivity index (χ0) is 17.9. The number of hydrogen-bond donors (Lipinski definition) is 4. The zero-order valence-electron chi connectivity index (χ0n) is 14.5. The van der Waals surface area contributed by atoms with Crippen LogP contribution in [0.4, 0.5) is 0 Å². The van der Waals surface area contributed by atoms with Crippen LogP contribution in [0.15, 0.2) is 12.2 Å². The lowest BCUT2D eigenvalue weighted by molar-refractivity contribution is -0.137. The van der Waals surface area contributed by atoms with Crippen LogP contribution in [0.2, 0.25) is 0 Å². The van der Waals surface area contributed by atoms with E-state index in [1.807, 2.05) is 6.92 Å². The van der Waals surface area contributed by atoms with Gasteiger partial charge in [-0.1, -0.05) is 44.8 Å². The Hall–Kier alpha value is -0.950. The third-order valence-electron chi connectivity index (χ3n) is 4.45. The number of unbranched alkanes of at least 4 members (excludes halogenated alkanes) is 4. The van der Waals surface area contributed by atoms with Gasteiger partial charge in [0.1, 0.15) is 6.10 Å². The van der Waals surface area contributed by atoms with Crippen LogP contribution in [0.1, 0.15) is 64.7 Å². The van der Waals surface area contributed by atoms with Crippen molar-refractivity contribution in [1.82, 2.24) is 0 Å². The predicted octanol–water partition coefficient (Wildman–Crippen LogP) is 2.01. The van der Waals surface area contributed by atoms with Crippen LogP contribution >= 0.6 is 0 Å². The van der Waals surface area contributed by atoms with Gasteiger partial charge in [0.2, 0.25) is 0 Å². The Kier molecular flexibility index (Phi) is 10.2. The Bertz CT molecular complexity index is 384. The summed E-state index contributed by atoms with van der Waals surface area (Å²) in [5.41, 5.74) is 0. The monoisotopic (exact) mass is 344 g/mol. The fraction of sp³-hybridized carbons (Fsp3) is 0.833. The van der Waals surface area contributed by atoms with Crippen molar-refractivity contribution < 1.29 is 30.0 Å². The number of aliphatic hydroxyl groups excluding tert-OH is 3. The number of ether oxygens (including phenoxy) is 1. The number of aliphatic carboxylic acids is 1. The molecular formula is C18H32O6. The van der Waals surface area contributed by atoms with Crippen molar-refractivity contribution in [3.8, 4) is 0 Å². The summed E-state index contributed by atoms with van der Waals surface area (Å²) in [6, 6.07) is 0. The number of carbonyl (C=O) groups is 1. The third kappa shape index (κ3) is 8.24. The minimum absolute atomic E-state index is 0.225. The van der Waals surface area contributed by atoms with Gasteiger partial charge < -0.3 is 25.2 Å². The molecular weight excluding hydrogens is 312 g/mol. The molecule has 0 unspecified atom stereocenters. The van der Waals surface area contributed by atoms with Gasteiger partial charge in [-0.05, 0) is 19.3 Å². The van der Waals surface area contributed by atoms with Crippen LogP contribution in [0.25, 0.3) is 0 Å². The van der Waals surface area contributed by atoms with Gasteiger partial charge in [-0.15, -0.1) is 0 Å². The topological polar surface area (TPSA) is 107 Å². The second kappa shape index (κ2) is 11.6. The van der Waals surface area contributed by atoms with Crippen LogP contribution in [0.3, 0.4) is 0 Å². The minimum Gasteiger partial charge on any atom is -0.481 e. The van der Waals surface area contributed by atoms with Crippen molar-refractivity contribution >= 4 is 5.97 Å². The lowest BCUT2D eigenvalue weighted by Crippen LogP contribution is -2.25. The summed E-state index contributed by atoms with van der Waals surface area (Å²) in [6.07, 6.45) is 7.04. The molecule has 0 saturated carbocycles. The highest BCUT2D eigenvalue weighted by Gasteiger charge is 2.35. The first kappa shape index (κ1) is 21.1. The molecule has 0 radical (unpaired) electrons. The molecule has 0 bridgehead atoms. The maximum atomic E-state index is 10.4. The predicted molar refractivity (Wildman–Crippen MR) is 90.7 cm³/mol. The van der Waals surface area contributed by atoms with E-state index in [1.165, 1.54) is 0 Å². The highest BCUT2D eigenvalue weighted by atomic mass is 16.5. The molecule has 1 saturated heterocycles. The van der Waals surface area contributed by atoms with E-state index in [0.29, 0.717) is 25.7 Å². The molecule has 0 aromatic rings. The number of aliphatic hydroxyl groups is 3. The molecule has 0 aromatic heterocycles. The minimum atomic E-state index is -0.749. The van der Waals surface area contributed by atoms with Crippen LogP contribution in [0, 0.1) is 0 Å². The third-order valence-corrected chi connectivity index (χ3v) is 4.45. The fourth-order valence-corrected chi connectivity index (χ4v) is 2.90. The van der Waals surface area contributed by atoms with Gasteiger partial charge in [0.25, 0.3) is 0 Å². The lowest BCUT2D eigenvalue weighted by atomic mass is 10.0. The summed E-state index contributed by atoms with van der Waals surface area (Å²) in [7, 11) is 0. The summed E-state index contributed by atoms with van der Waals surface area (Å²) < 4.78 is 5.62. The molecule has 140 valence electrons. The van der Waals surface area contributed by atoms with E-state index in [4.69, 9.17) is 9.84 Å².